The number of carboxylic acid groups (broad SMARTS) is 1. The van der Waals surface area contributed by atoms with Gasteiger partial charge < -0.3 is 15.2 Å². The summed E-state index contributed by atoms with van der Waals surface area (Å²) in [6.07, 6.45) is 4.12. The Morgan fingerprint density at radius 3 is 3.12 bits per heavy atom. The molecule has 0 saturated heterocycles. The quantitative estimate of drug-likeness (QED) is 0.704. The average molecular weight is 236 g/mol. The standard InChI is InChI=1S/C12H16N2O3/c15-12(16)10-2-1-5-13-11(10)14-6-7-17-8-9-3-4-9/h1-2,5,9H,3-4,6-8H2,(H,13,14)(H,15,16). The first kappa shape index (κ1) is 11.9. The molecule has 5 heteroatoms. The van der Waals surface area contributed by atoms with E-state index in [1.165, 1.54) is 18.9 Å². The zero-order valence-electron chi connectivity index (χ0n) is 9.56. The Morgan fingerprint density at radius 1 is 1.59 bits per heavy atom. The van der Waals surface area contributed by atoms with Crippen molar-refractivity contribution in [3.05, 3.63) is 23.9 Å². The van der Waals surface area contributed by atoms with Gasteiger partial charge in [-0.25, -0.2) is 9.78 Å². The van der Waals surface area contributed by atoms with Crippen LogP contribution >= 0.6 is 0 Å². The van der Waals surface area contributed by atoms with E-state index in [2.05, 4.69) is 10.3 Å². The van der Waals surface area contributed by atoms with Crippen molar-refractivity contribution in [2.45, 2.75) is 12.8 Å². The molecule has 0 atom stereocenters. The first-order chi connectivity index (χ1) is 8.27. The minimum atomic E-state index is -0.973. The van der Waals surface area contributed by atoms with Gasteiger partial charge in [-0.2, -0.15) is 0 Å². The average Bonchev–Trinajstić information content (AvgIpc) is 3.13. The molecule has 5 nitrogen and oxygen atoms in total. The van der Waals surface area contributed by atoms with E-state index < -0.39 is 5.97 Å². The van der Waals surface area contributed by atoms with Crippen molar-refractivity contribution in [3.63, 3.8) is 0 Å². The number of hydrogen-bond donors (Lipinski definition) is 2. The smallest absolute Gasteiger partial charge is 0.339 e. The molecule has 1 fully saturated rings. The van der Waals surface area contributed by atoms with Crippen LogP contribution in [-0.4, -0.2) is 35.8 Å². The third kappa shape index (κ3) is 3.71. The normalized spacial score (nSPS) is 14.6. The van der Waals surface area contributed by atoms with Gasteiger partial charge >= 0.3 is 5.97 Å². The molecule has 1 aromatic rings. The van der Waals surface area contributed by atoms with Crippen LogP contribution in [0.25, 0.3) is 0 Å². The molecule has 1 aromatic heterocycles. The second-order valence-electron chi connectivity index (χ2n) is 4.15. The van der Waals surface area contributed by atoms with Gasteiger partial charge in [-0.05, 0) is 30.9 Å². The van der Waals surface area contributed by atoms with Crippen LogP contribution in [0.2, 0.25) is 0 Å². The van der Waals surface area contributed by atoms with E-state index in [-0.39, 0.29) is 5.56 Å². The topological polar surface area (TPSA) is 71.5 Å². The Balaban J connectivity index is 1.75. The van der Waals surface area contributed by atoms with Crippen LogP contribution in [0.4, 0.5) is 5.82 Å². The molecule has 2 rings (SSSR count). The first-order valence-electron chi connectivity index (χ1n) is 5.77. The number of carbonyl (C=O) groups is 1. The zero-order chi connectivity index (χ0) is 12.1. The van der Waals surface area contributed by atoms with Crippen LogP contribution < -0.4 is 5.32 Å². The van der Waals surface area contributed by atoms with E-state index in [1.54, 1.807) is 12.3 Å². The number of hydrogen-bond acceptors (Lipinski definition) is 4. The lowest BCUT2D eigenvalue weighted by atomic mass is 10.2. The van der Waals surface area contributed by atoms with Crippen LogP contribution in [0.15, 0.2) is 18.3 Å². The van der Waals surface area contributed by atoms with E-state index in [0.29, 0.717) is 19.0 Å². The Bertz CT molecular complexity index is 391. The third-order valence-electron chi connectivity index (χ3n) is 2.63. The molecular weight excluding hydrogens is 220 g/mol. The van der Waals surface area contributed by atoms with Crippen molar-refractivity contribution in [3.8, 4) is 0 Å². The summed E-state index contributed by atoms with van der Waals surface area (Å²) in [6.45, 7) is 1.96. The van der Waals surface area contributed by atoms with Crippen LogP contribution in [0, 0.1) is 5.92 Å². The van der Waals surface area contributed by atoms with Crippen molar-refractivity contribution < 1.29 is 14.6 Å². The molecule has 1 aliphatic carbocycles. The van der Waals surface area contributed by atoms with Gasteiger partial charge in [0.05, 0.1) is 6.61 Å². The fourth-order valence-corrected chi connectivity index (χ4v) is 1.49. The van der Waals surface area contributed by atoms with Crippen molar-refractivity contribution >= 4 is 11.8 Å². The number of anilines is 1. The molecule has 0 spiro atoms. The van der Waals surface area contributed by atoms with Crippen LogP contribution in [-0.2, 0) is 4.74 Å². The molecule has 0 aromatic carbocycles. The van der Waals surface area contributed by atoms with Crippen LogP contribution in [0.5, 0.6) is 0 Å². The van der Waals surface area contributed by atoms with Gasteiger partial charge in [0.15, 0.2) is 0 Å². The molecule has 1 saturated carbocycles. The number of aromatic nitrogens is 1. The van der Waals surface area contributed by atoms with Gasteiger partial charge in [0, 0.05) is 19.3 Å². The fourth-order valence-electron chi connectivity index (χ4n) is 1.49. The second-order valence-corrected chi connectivity index (χ2v) is 4.15. The predicted molar refractivity (Wildman–Crippen MR) is 63.2 cm³/mol. The van der Waals surface area contributed by atoms with Crippen molar-refractivity contribution in [1.82, 2.24) is 4.98 Å². The minimum Gasteiger partial charge on any atom is -0.478 e. The highest BCUT2D eigenvalue weighted by Crippen LogP contribution is 2.28. The van der Waals surface area contributed by atoms with E-state index in [0.717, 1.165) is 12.5 Å². The summed E-state index contributed by atoms with van der Waals surface area (Å²) in [5, 5.41) is 11.9. The highest BCUT2D eigenvalue weighted by Gasteiger charge is 2.20. The first-order valence-corrected chi connectivity index (χ1v) is 5.77. The number of pyridine rings is 1. The van der Waals surface area contributed by atoms with Crippen molar-refractivity contribution in [2.75, 3.05) is 25.1 Å². The van der Waals surface area contributed by atoms with Crippen LogP contribution in [0.3, 0.4) is 0 Å². The number of carboxylic acids is 1. The predicted octanol–water partition coefficient (Wildman–Crippen LogP) is 1.62. The molecule has 0 amide bonds. The maximum atomic E-state index is 10.9. The zero-order valence-corrected chi connectivity index (χ0v) is 9.56. The van der Waals surface area contributed by atoms with Gasteiger partial charge in [0.2, 0.25) is 0 Å². The van der Waals surface area contributed by atoms with Crippen molar-refractivity contribution in [1.29, 1.82) is 0 Å². The minimum absolute atomic E-state index is 0.190. The molecule has 0 unspecified atom stereocenters. The molecule has 1 aliphatic rings. The highest BCUT2D eigenvalue weighted by atomic mass is 16.5. The van der Waals surface area contributed by atoms with Gasteiger partial charge in [0.1, 0.15) is 11.4 Å². The van der Waals surface area contributed by atoms with Crippen molar-refractivity contribution in [2.24, 2.45) is 5.92 Å². The monoisotopic (exact) mass is 236 g/mol. The Kier molecular flexibility index (Phi) is 3.93. The molecule has 0 bridgehead atoms. The second kappa shape index (κ2) is 5.63. The SMILES string of the molecule is O=C(O)c1cccnc1NCCOCC1CC1. The van der Waals surface area contributed by atoms with Gasteiger partial charge in [-0.1, -0.05) is 0 Å². The summed E-state index contributed by atoms with van der Waals surface area (Å²) in [4.78, 5) is 14.9. The molecule has 2 N–H and O–H groups in total. The number of ether oxygens (including phenoxy) is 1. The number of rotatable bonds is 7. The maximum Gasteiger partial charge on any atom is 0.339 e. The third-order valence-corrected chi connectivity index (χ3v) is 2.63. The summed E-state index contributed by atoms with van der Waals surface area (Å²) in [7, 11) is 0. The summed E-state index contributed by atoms with van der Waals surface area (Å²) in [6, 6.07) is 3.14. The van der Waals surface area contributed by atoms with Gasteiger partial charge in [-0.3, -0.25) is 0 Å². The molecule has 17 heavy (non-hydrogen) atoms. The summed E-state index contributed by atoms with van der Waals surface area (Å²) in [5.41, 5.74) is 0.190. The number of aromatic carboxylic acids is 1. The molecule has 0 aliphatic heterocycles. The Hall–Kier alpha value is -1.62. The summed E-state index contributed by atoms with van der Waals surface area (Å²) in [5.74, 6) is 0.175. The van der Waals surface area contributed by atoms with Crippen LogP contribution in [0.1, 0.15) is 23.2 Å². The maximum absolute atomic E-state index is 10.9. The fraction of sp³-hybridized carbons (Fsp3) is 0.500. The molecular formula is C12H16N2O3. The van der Waals surface area contributed by atoms with E-state index in [1.807, 2.05) is 0 Å². The lowest BCUT2D eigenvalue weighted by molar-refractivity contribution is 0.0697. The van der Waals surface area contributed by atoms with E-state index >= 15 is 0 Å². The molecule has 92 valence electrons. The van der Waals surface area contributed by atoms with E-state index in [4.69, 9.17) is 9.84 Å². The molecule has 1 heterocycles. The largest absolute Gasteiger partial charge is 0.478 e. The lowest BCUT2D eigenvalue weighted by Gasteiger charge is -2.08. The Morgan fingerprint density at radius 2 is 2.41 bits per heavy atom. The lowest BCUT2D eigenvalue weighted by Crippen LogP contribution is -2.14. The number of nitrogens with zero attached hydrogens (tertiary/aromatic N) is 1. The molecule has 0 radical (unpaired) electrons. The van der Waals surface area contributed by atoms with E-state index in [9.17, 15) is 4.79 Å². The number of nitrogens with one attached hydrogen (secondary N) is 1. The summed E-state index contributed by atoms with van der Waals surface area (Å²) >= 11 is 0. The summed E-state index contributed by atoms with van der Waals surface area (Å²) < 4.78 is 5.44. The highest BCUT2D eigenvalue weighted by molar-refractivity contribution is 5.92. The van der Waals surface area contributed by atoms with Gasteiger partial charge in [0.25, 0.3) is 0 Å². The Labute approximate surface area is 99.8 Å². The van der Waals surface area contributed by atoms with Gasteiger partial charge in [-0.15, -0.1) is 0 Å².